The summed E-state index contributed by atoms with van der Waals surface area (Å²) >= 11 is 0. The minimum absolute atomic E-state index is 0.931. The molecule has 0 radical (unpaired) electrons. The van der Waals surface area contributed by atoms with Crippen molar-refractivity contribution in [2.75, 3.05) is 7.05 Å². The number of rotatable bonds is 2. The fourth-order valence-electron chi connectivity index (χ4n) is 0.930. The molecular formula is C6H8F2N2O2. The van der Waals surface area contributed by atoms with Gasteiger partial charge < -0.3 is 10.1 Å². The highest BCUT2D eigenvalue weighted by molar-refractivity contribution is 5.82. The monoisotopic (exact) mass is 178 g/mol. The summed E-state index contributed by atoms with van der Waals surface area (Å²) in [7, 11) is 1.45. The molecule has 0 amide bonds. The second kappa shape index (κ2) is 2.71. The Kier molecular flexibility index (Phi) is 2.01. The van der Waals surface area contributed by atoms with Crippen LogP contribution in [0.25, 0.3) is 0 Å². The van der Waals surface area contributed by atoms with Crippen molar-refractivity contribution < 1.29 is 18.7 Å². The predicted octanol–water partition coefficient (Wildman–Crippen LogP) is 0.0386. The van der Waals surface area contributed by atoms with Gasteiger partial charge in [0.05, 0.1) is 0 Å². The standard InChI is InChI=1S/C6H8F2N2O2/c1-10-3-2-6(9-10,4(7)8)5(11)12/h2-4,9H,1H3,(H,11,12). The maximum Gasteiger partial charge on any atom is 0.335 e. The molecule has 1 aliphatic rings. The van der Waals surface area contributed by atoms with Crippen molar-refractivity contribution in [3.05, 3.63) is 12.3 Å². The van der Waals surface area contributed by atoms with Gasteiger partial charge in [-0.3, -0.25) is 0 Å². The third-order valence-electron chi connectivity index (χ3n) is 1.62. The van der Waals surface area contributed by atoms with Gasteiger partial charge in [0, 0.05) is 13.2 Å². The van der Waals surface area contributed by atoms with Gasteiger partial charge >= 0.3 is 5.97 Å². The number of carboxylic acids is 1. The molecule has 1 unspecified atom stereocenters. The Balaban J connectivity index is 2.91. The molecule has 68 valence electrons. The van der Waals surface area contributed by atoms with E-state index < -0.39 is 17.9 Å². The van der Waals surface area contributed by atoms with Crippen LogP contribution in [0.1, 0.15) is 0 Å². The van der Waals surface area contributed by atoms with E-state index in [1.54, 1.807) is 0 Å². The van der Waals surface area contributed by atoms with Crippen LogP contribution in [-0.4, -0.2) is 35.1 Å². The molecular weight excluding hydrogens is 170 g/mol. The first kappa shape index (κ1) is 8.92. The van der Waals surface area contributed by atoms with Gasteiger partial charge in [0.1, 0.15) is 0 Å². The van der Waals surface area contributed by atoms with Crippen LogP contribution in [0.3, 0.4) is 0 Å². The highest BCUT2D eigenvalue weighted by Gasteiger charge is 2.48. The SMILES string of the molecule is CN1C=CC(C(=O)O)(C(F)F)N1. The van der Waals surface area contributed by atoms with Crippen molar-refractivity contribution in [3.63, 3.8) is 0 Å². The van der Waals surface area contributed by atoms with Crippen molar-refractivity contribution in [2.45, 2.75) is 12.0 Å². The first-order valence-corrected chi connectivity index (χ1v) is 3.20. The summed E-state index contributed by atoms with van der Waals surface area (Å²) in [5, 5.41) is 9.71. The fourth-order valence-corrected chi connectivity index (χ4v) is 0.930. The topological polar surface area (TPSA) is 52.6 Å². The van der Waals surface area contributed by atoms with Crippen molar-refractivity contribution in [3.8, 4) is 0 Å². The van der Waals surface area contributed by atoms with Gasteiger partial charge in [-0.1, -0.05) is 0 Å². The van der Waals surface area contributed by atoms with Gasteiger partial charge in [-0.2, -0.15) is 0 Å². The first-order valence-electron chi connectivity index (χ1n) is 3.20. The van der Waals surface area contributed by atoms with Crippen LogP contribution in [0.5, 0.6) is 0 Å². The summed E-state index contributed by atoms with van der Waals surface area (Å²) in [6.07, 6.45) is -0.795. The lowest BCUT2D eigenvalue weighted by Gasteiger charge is -2.24. The quantitative estimate of drug-likeness (QED) is 0.626. The van der Waals surface area contributed by atoms with E-state index in [0.29, 0.717) is 0 Å². The largest absolute Gasteiger partial charge is 0.479 e. The Hall–Kier alpha value is -1.17. The molecule has 1 atom stereocenters. The molecule has 0 aliphatic carbocycles. The minimum atomic E-state index is -2.98. The Labute approximate surface area is 67.4 Å². The van der Waals surface area contributed by atoms with Crippen molar-refractivity contribution >= 4 is 5.97 Å². The lowest BCUT2D eigenvalue weighted by atomic mass is 10.0. The number of nitrogens with one attached hydrogen (secondary N) is 1. The highest BCUT2D eigenvalue weighted by atomic mass is 19.3. The molecule has 1 aliphatic heterocycles. The zero-order valence-corrected chi connectivity index (χ0v) is 6.29. The van der Waals surface area contributed by atoms with E-state index in [2.05, 4.69) is 5.43 Å². The number of alkyl halides is 2. The van der Waals surface area contributed by atoms with E-state index in [1.165, 1.54) is 18.3 Å². The van der Waals surface area contributed by atoms with Gasteiger partial charge in [-0.05, 0) is 6.08 Å². The second-order valence-corrected chi connectivity index (χ2v) is 2.51. The van der Waals surface area contributed by atoms with Crippen molar-refractivity contribution in [1.29, 1.82) is 0 Å². The molecule has 2 N–H and O–H groups in total. The van der Waals surface area contributed by atoms with Crippen LogP contribution in [0.15, 0.2) is 12.3 Å². The molecule has 0 fully saturated rings. The predicted molar refractivity (Wildman–Crippen MR) is 36.4 cm³/mol. The summed E-state index contributed by atoms with van der Waals surface area (Å²) in [4.78, 5) is 10.5. The van der Waals surface area contributed by atoms with Crippen LogP contribution in [0, 0.1) is 0 Å². The number of halogens is 2. The van der Waals surface area contributed by atoms with Gasteiger partial charge in [0.25, 0.3) is 6.43 Å². The normalized spacial score (nSPS) is 28.5. The number of hydrogen-bond donors (Lipinski definition) is 2. The molecule has 4 nitrogen and oxygen atoms in total. The second-order valence-electron chi connectivity index (χ2n) is 2.51. The minimum Gasteiger partial charge on any atom is -0.479 e. The Bertz CT molecular complexity index is 232. The number of aliphatic carboxylic acids is 1. The maximum atomic E-state index is 12.3. The molecule has 0 aromatic carbocycles. The van der Waals surface area contributed by atoms with E-state index in [1.807, 2.05) is 0 Å². The van der Waals surface area contributed by atoms with Crippen LogP contribution in [0.2, 0.25) is 0 Å². The third kappa shape index (κ3) is 1.14. The molecule has 0 aromatic heterocycles. The number of carboxylic acid groups (broad SMARTS) is 1. The number of nitrogens with zero attached hydrogens (tertiary/aromatic N) is 1. The summed E-state index contributed by atoms with van der Waals surface area (Å²) in [6, 6.07) is 0. The lowest BCUT2D eigenvalue weighted by Crippen LogP contribution is -2.56. The fraction of sp³-hybridized carbons (Fsp3) is 0.500. The third-order valence-corrected chi connectivity index (χ3v) is 1.62. The van der Waals surface area contributed by atoms with E-state index in [-0.39, 0.29) is 0 Å². The zero-order valence-electron chi connectivity index (χ0n) is 6.29. The van der Waals surface area contributed by atoms with Gasteiger partial charge in [0.15, 0.2) is 0 Å². The highest BCUT2D eigenvalue weighted by Crippen LogP contribution is 2.22. The number of carbonyl (C=O) groups is 1. The van der Waals surface area contributed by atoms with Gasteiger partial charge in [-0.25, -0.2) is 19.0 Å². The summed E-state index contributed by atoms with van der Waals surface area (Å²) in [5.74, 6) is -1.59. The van der Waals surface area contributed by atoms with Crippen LogP contribution < -0.4 is 5.43 Å². The molecule has 1 heterocycles. The molecule has 1 rings (SSSR count). The molecule has 0 bridgehead atoms. The zero-order chi connectivity index (χ0) is 9.35. The van der Waals surface area contributed by atoms with E-state index in [9.17, 15) is 13.6 Å². The van der Waals surface area contributed by atoms with E-state index in [4.69, 9.17) is 5.11 Å². The van der Waals surface area contributed by atoms with Crippen LogP contribution in [-0.2, 0) is 4.79 Å². The van der Waals surface area contributed by atoms with Crippen molar-refractivity contribution in [2.24, 2.45) is 0 Å². The van der Waals surface area contributed by atoms with E-state index in [0.717, 1.165) is 6.08 Å². The summed E-state index contributed by atoms with van der Waals surface area (Å²) < 4.78 is 24.6. The Morgan fingerprint density at radius 3 is 2.50 bits per heavy atom. The molecule has 0 spiro atoms. The van der Waals surface area contributed by atoms with Crippen LogP contribution >= 0.6 is 0 Å². The Morgan fingerprint density at radius 2 is 2.33 bits per heavy atom. The molecule has 6 heteroatoms. The average molecular weight is 178 g/mol. The Morgan fingerprint density at radius 1 is 1.75 bits per heavy atom. The maximum absolute atomic E-state index is 12.3. The summed E-state index contributed by atoms with van der Waals surface area (Å²) in [6.45, 7) is 0. The number of hydrazine groups is 1. The van der Waals surface area contributed by atoms with E-state index >= 15 is 0 Å². The smallest absolute Gasteiger partial charge is 0.335 e. The van der Waals surface area contributed by atoms with Crippen molar-refractivity contribution in [1.82, 2.24) is 10.4 Å². The molecule has 0 saturated heterocycles. The molecule has 0 saturated carbocycles. The molecule has 0 aromatic rings. The van der Waals surface area contributed by atoms with Gasteiger partial charge in [-0.15, -0.1) is 0 Å². The lowest BCUT2D eigenvalue weighted by molar-refractivity contribution is -0.150. The number of hydrogen-bond acceptors (Lipinski definition) is 3. The van der Waals surface area contributed by atoms with Gasteiger partial charge in [0.2, 0.25) is 5.54 Å². The van der Waals surface area contributed by atoms with Crippen LogP contribution in [0.4, 0.5) is 8.78 Å². The average Bonchev–Trinajstić information content (AvgIpc) is 2.32. The first-order chi connectivity index (χ1) is 5.49. The summed E-state index contributed by atoms with van der Waals surface area (Å²) in [5.41, 5.74) is -0.116. The molecule has 12 heavy (non-hydrogen) atoms.